The second-order valence-electron chi connectivity index (χ2n) is 4.39. The summed E-state index contributed by atoms with van der Waals surface area (Å²) >= 11 is 5.77. The van der Waals surface area contributed by atoms with Crippen molar-refractivity contribution in [1.82, 2.24) is 9.55 Å². The van der Waals surface area contributed by atoms with E-state index >= 15 is 0 Å². The summed E-state index contributed by atoms with van der Waals surface area (Å²) in [6.07, 6.45) is 0.478. The van der Waals surface area contributed by atoms with Crippen molar-refractivity contribution >= 4 is 22.6 Å². The molecule has 0 spiro atoms. The average molecular weight is 293 g/mol. The molecule has 0 aliphatic carbocycles. The molecule has 1 aromatic heterocycles. The Morgan fingerprint density at radius 3 is 2.70 bits per heavy atom. The Kier molecular flexibility index (Phi) is 3.40. The quantitative estimate of drug-likeness (QED) is 0.665. The summed E-state index contributed by atoms with van der Waals surface area (Å²) in [5.41, 5.74) is 1.62. The van der Waals surface area contributed by atoms with E-state index in [1.807, 2.05) is 24.3 Å². The molecule has 0 unspecified atom stereocenters. The number of imidazole rings is 1. The average Bonchev–Trinajstić information content (AvgIpc) is 2.80. The van der Waals surface area contributed by atoms with Crippen LogP contribution in [-0.2, 0) is 6.42 Å². The van der Waals surface area contributed by atoms with Gasteiger partial charge >= 0.3 is 0 Å². The van der Waals surface area contributed by atoms with Crippen molar-refractivity contribution in [2.45, 2.75) is 6.42 Å². The highest BCUT2D eigenvalue weighted by molar-refractivity contribution is 6.17. The number of halogens is 3. The van der Waals surface area contributed by atoms with E-state index in [2.05, 4.69) is 4.98 Å². The van der Waals surface area contributed by atoms with E-state index in [4.69, 9.17) is 11.6 Å². The summed E-state index contributed by atoms with van der Waals surface area (Å²) in [7, 11) is 0. The molecule has 0 N–H and O–H groups in total. The minimum Gasteiger partial charge on any atom is -0.293 e. The van der Waals surface area contributed by atoms with E-state index in [1.165, 1.54) is 6.07 Å². The third-order valence-electron chi connectivity index (χ3n) is 3.10. The number of rotatable bonds is 3. The van der Waals surface area contributed by atoms with Gasteiger partial charge in [-0.15, -0.1) is 11.6 Å². The Morgan fingerprint density at radius 2 is 1.90 bits per heavy atom. The third-order valence-corrected chi connectivity index (χ3v) is 3.29. The van der Waals surface area contributed by atoms with Gasteiger partial charge in [0, 0.05) is 18.4 Å². The number of hydrogen-bond donors (Lipinski definition) is 0. The Bertz CT molecular complexity index is 768. The smallest absolute Gasteiger partial charge is 0.147 e. The van der Waals surface area contributed by atoms with Gasteiger partial charge < -0.3 is 0 Å². The number of para-hydroxylation sites is 2. The van der Waals surface area contributed by atoms with Crippen LogP contribution in [0.25, 0.3) is 16.7 Å². The molecule has 3 rings (SSSR count). The first-order valence-electron chi connectivity index (χ1n) is 6.18. The summed E-state index contributed by atoms with van der Waals surface area (Å²) in [6.45, 7) is 0. The molecule has 2 nitrogen and oxygen atoms in total. The molecule has 0 amide bonds. The van der Waals surface area contributed by atoms with Gasteiger partial charge in [-0.25, -0.2) is 13.8 Å². The SMILES string of the molecule is Fc1ccc(F)c(-n2c(CCCl)nc3ccccc32)c1. The predicted octanol–water partition coefficient (Wildman–Crippen LogP) is 4.09. The fraction of sp³-hybridized carbons (Fsp3) is 0.133. The minimum atomic E-state index is -0.495. The molecule has 0 atom stereocenters. The topological polar surface area (TPSA) is 17.8 Å². The Morgan fingerprint density at radius 1 is 1.10 bits per heavy atom. The number of benzene rings is 2. The molecule has 0 aliphatic rings. The van der Waals surface area contributed by atoms with E-state index in [0.29, 0.717) is 18.1 Å². The van der Waals surface area contributed by atoms with Crippen LogP contribution in [0.1, 0.15) is 5.82 Å². The molecule has 0 radical (unpaired) electrons. The molecule has 0 fully saturated rings. The molecule has 0 saturated heterocycles. The van der Waals surface area contributed by atoms with Crippen LogP contribution in [0, 0.1) is 11.6 Å². The van der Waals surface area contributed by atoms with Crippen LogP contribution >= 0.6 is 11.6 Å². The monoisotopic (exact) mass is 292 g/mol. The lowest BCUT2D eigenvalue weighted by atomic mass is 10.2. The van der Waals surface area contributed by atoms with Gasteiger partial charge in [-0.3, -0.25) is 4.57 Å². The number of aromatic nitrogens is 2. The lowest BCUT2D eigenvalue weighted by Crippen LogP contribution is -2.05. The van der Waals surface area contributed by atoms with Crippen molar-refractivity contribution in [1.29, 1.82) is 0 Å². The Hall–Kier alpha value is -1.94. The van der Waals surface area contributed by atoms with Crippen molar-refractivity contribution in [3.63, 3.8) is 0 Å². The van der Waals surface area contributed by atoms with Gasteiger partial charge in [0.05, 0.1) is 16.7 Å². The van der Waals surface area contributed by atoms with Crippen molar-refractivity contribution < 1.29 is 8.78 Å². The Labute approximate surface area is 119 Å². The van der Waals surface area contributed by atoms with E-state index < -0.39 is 11.6 Å². The molecule has 0 bridgehead atoms. The first-order valence-corrected chi connectivity index (χ1v) is 6.72. The molecule has 0 aliphatic heterocycles. The van der Waals surface area contributed by atoms with Crippen LogP contribution in [0.15, 0.2) is 42.5 Å². The van der Waals surface area contributed by atoms with Crippen LogP contribution in [0.3, 0.4) is 0 Å². The van der Waals surface area contributed by atoms with Gasteiger partial charge in [0.2, 0.25) is 0 Å². The zero-order valence-corrected chi connectivity index (χ0v) is 11.2. The first kappa shape index (κ1) is 13.1. The lowest BCUT2D eigenvalue weighted by Gasteiger charge is -2.09. The second kappa shape index (κ2) is 5.21. The van der Waals surface area contributed by atoms with E-state index in [0.717, 1.165) is 23.2 Å². The Balaban J connectivity index is 2.33. The zero-order valence-electron chi connectivity index (χ0n) is 10.5. The maximum atomic E-state index is 14.0. The molecule has 2 aromatic carbocycles. The number of alkyl halides is 1. The van der Waals surface area contributed by atoms with Gasteiger partial charge in [-0.2, -0.15) is 0 Å². The molecule has 102 valence electrons. The van der Waals surface area contributed by atoms with Gasteiger partial charge in [0.15, 0.2) is 0 Å². The fourth-order valence-corrected chi connectivity index (χ4v) is 2.42. The molecular weight excluding hydrogens is 282 g/mol. The first-order chi connectivity index (χ1) is 9.70. The molecule has 0 saturated carbocycles. The summed E-state index contributed by atoms with van der Waals surface area (Å²) in [5.74, 6) is -0.00708. The highest BCUT2D eigenvalue weighted by Gasteiger charge is 2.15. The zero-order chi connectivity index (χ0) is 14.1. The molecule has 3 aromatic rings. The summed E-state index contributed by atoms with van der Waals surface area (Å²) in [4.78, 5) is 4.44. The van der Waals surface area contributed by atoms with E-state index in [1.54, 1.807) is 4.57 Å². The molecule has 1 heterocycles. The highest BCUT2D eigenvalue weighted by atomic mass is 35.5. The second-order valence-corrected chi connectivity index (χ2v) is 4.76. The van der Waals surface area contributed by atoms with Crippen molar-refractivity contribution in [2.75, 3.05) is 5.88 Å². The van der Waals surface area contributed by atoms with E-state index in [9.17, 15) is 8.78 Å². The van der Waals surface area contributed by atoms with Gasteiger partial charge in [-0.05, 0) is 24.3 Å². The van der Waals surface area contributed by atoms with Crippen LogP contribution in [0.2, 0.25) is 0 Å². The third kappa shape index (κ3) is 2.16. The standard InChI is InChI=1S/C15H11ClF2N2/c16-8-7-15-19-12-3-1-2-4-13(12)20(15)14-9-10(17)5-6-11(14)18/h1-6,9H,7-8H2. The lowest BCUT2D eigenvalue weighted by molar-refractivity contribution is 0.592. The molecule has 5 heteroatoms. The van der Waals surface area contributed by atoms with Crippen LogP contribution in [0.4, 0.5) is 8.78 Å². The maximum Gasteiger partial charge on any atom is 0.147 e. The number of aryl methyl sites for hydroxylation is 1. The number of hydrogen-bond acceptors (Lipinski definition) is 1. The van der Waals surface area contributed by atoms with Crippen molar-refractivity contribution in [2.24, 2.45) is 0 Å². The van der Waals surface area contributed by atoms with Crippen molar-refractivity contribution in [3.8, 4) is 5.69 Å². The molecular formula is C15H11ClF2N2. The van der Waals surface area contributed by atoms with E-state index in [-0.39, 0.29) is 5.69 Å². The van der Waals surface area contributed by atoms with Crippen molar-refractivity contribution in [3.05, 3.63) is 59.9 Å². The molecule has 20 heavy (non-hydrogen) atoms. The minimum absolute atomic E-state index is 0.152. The highest BCUT2D eigenvalue weighted by Crippen LogP contribution is 2.24. The van der Waals surface area contributed by atoms with Crippen LogP contribution in [-0.4, -0.2) is 15.4 Å². The largest absolute Gasteiger partial charge is 0.293 e. The number of nitrogens with zero attached hydrogens (tertiary/aromatic N) is 2. The predicted molar refractivity (Wildman–Crippen MR) is 75.4 cm³/mol. The fourth-order valence-electron chi connectivity index (χ4n) is 2.25. The normalized spacial score (nSPS) is 11.2. The van der Waals surface area contributed by atoms with Crippen LogP contribution in [0.5, 0.6) is 0 Å². The summed E-state index contributed by atoms with van der Waals surface area (Å²) in [6, 6.07) is 10.7. The van der Waals surface area contributed by atoms with Gasteiger partial charge in [0.1, 0.15) is 17.5 Å². The van der Waals surface area contributed by atoms with Gasteiger partial charge in [-0.1, -0.05) is 12.1 Å². The number of fused-ring (bicyclic) bond motifs is 1. The van der Waals surface area contributed by atoms with Crippen LogP contribution < -0.4 is 0 Å². The summed E-state index contributed by atoms with van der Waals surface area (Å²) < 4.78 is 29.1. The maximum absolute atomic E-state index is 14.0. The van der Waals surface area contributed by atoms with Gasteiger partial charge in [0.25, 0.3) is 0 Å². The summed E-state index contributed by atoms with van der Waals surface area (Å²) in [5, 5.41) is 0.